The Kier molecular flexibility index (Phi) is 6.84. The number of piperidine rings is 1. The molecule has 25 heavy (non-hydrogen) atoms. The van der Waals surface area contributed by atoms with Crippen LogP contribution in [0, 0.1) is 0 Å². The third-order valence-corrected chi connectivity index (χ3v) is 6.52. The molecule has 0 amide bonds. The summed E-state index contributed by atoms with van der Waals surface area (Å²) in [5.41, 5.74) is 2.17. The van der Waals surface area contributed by atoms with E-state index in [4.69, 9.17) is 0 Å². The average molecular weight is 363 g/mol. The first-order valence-corrected chi connectivity index (χ1v) is 11.0. The van der Waals surface area contributed by atoms with E-state index in [1.165, 1.54) is 61.7 Å². The van der Waals surface area contributed by atoms with Crippen LogP contribution in [-0.4, -0.2) is 64.2 Å². The lowest BCUT2D eigenvalue weighted by Crippen LogP contribution is -2.47. The fourth-order valence-corrected chi connectivity index (χ4v) is 4.84. The molecular formula is C21H34N2OS. The highest BCUT2D eigenvalue weighted by Gasteiger charge is 2.25. The molecule has 2 fully saturated rings. The molecule has 0 atom stereocenters. The lowest BCUT2D eigenvalue weighted by molar-refractivity contribution is 0.0714. The topological polar surface area (TPSA) is 26.7 Å². The number of rotatable bonds is 6. The van der Waals surface area contributed by atoms with Gasteiger partial charge in [-0.25, -0.2) is 0 Å². The maximum Gasteiger partial charge on any atom is 0.0594 e. The van der Waals surface area contributed by atoms with Gasteiger partial charge in [-0.05, 0) is 63.7 Å². The summed E-state index contributed by atoms with van der Waals surface area (Å²) in [4.78, 5) is 5.34. The predicted molar refractivity (Wildman–Crippen MR) is 108 cm³/mol. The standard InChI is InChI=1S/C21H34N2OS/c1-21(2,24)10-7-18-3-5-19(6-4-18)17-22-11-8-20(9-12-22)23-13-15-25-16-14-23/h3-6,20,24H,7-17H2,1-2H3. The summed E-state index contributed by atoms with van der Waals surface area (Å²) < 4.78 is 0. The van der Waals surface area contributed by atoms with Crippen molar-refractivity contribution in [2.45, 2.75) is 57.7 Å². The van der Waals surface area contributed by atoms with Crippen molar-refractivity contribution in [3.63, 3.8) is 0 Å². The molecule has 1 aromatic carbocycles. The van der Waals surface area contributed by atoms with Crippen LogP contribution in [-0.2, 0) is 13.0 Å². The van der Waals surface area contributed by atoms with Gasteiger partial charge in [-0.1, -0.05) is 24.3 Å². The minimum absolute atomic E-state index is 0.573. The number of benzene rings is 1. The van der Waals surface area contributed by atoms with Gasteiger partial charge in [-0.3, -0.25) is 9.80 Å². The normalized spacial score (nSPS) is 21.6. The number of likely N-dealkylation sites (tertiary alicyclic amines) is 1. The third kappa shape index (κ3) is 6.28. The molecular weight excluding hydrogens is 328 g/mol. The smallest absolute Gasteiger partial charge is 0.0594 e. The molecule has 0 aliphatic carbocycles. The van der Waals surface area contributed by atoms with E-state index in [2.05, 4.69) is 45.8 Å². The zero-order valence-corrected chi connectivity index (χ0v) is 16.7. The van der Waals surface area contributed by atoms with E-state index in [1.54, 1.807) is 0 Å². The van der Waals surface area contributed by atoms with Crippen LogP contribution < -0.4 is 0 Å². The van der Waals surface area contributed by atoms with Gasteiger partial charge in [0.15, 0.2) is 0 Å². The van der Waals surface area contributed by atoms with E-state index in [9.17, 15) is 5.11 Å². The molecule has 2 aliphatic heterocycles. The molecule has 3 rings (SSSR count). The van der Waals surface area contributed by atoms with Crippen molar-refractivity contribution in [2.75, 3.05) is 37.7 Å². The molecule has 0 spiro atoms. The SMILES string of the molecule is CC(C)(O)CCc1ccc(CN2CCC(N3CCSCC3)CC2)cc1. The van der Waals surface area contributed by atoms with Crippen LogP contribution in [0.4, 0.5) is 0 Å². The van der Waals surface area contributed by atoms with Gasteiger partial charge < -0.3 is 5.11 Å². The minimum atomic E-state index is -0.573. The van der Waals surface area contributed by atoms with Gasteiger partial charge in [0.25, 0.3) is 0 Å². The summed E-state index contributed by atoms with van der Waals surface area (Å²) in [5.74, 6) is 2.64. The van der Waals surface area contributed by atoms with Crippen molar-refractivity contribution in [3.8, 4) is 0 Å². The Labute approximate surface area is 157 Å². The molecule has 2 saturated heterocycles. The van der Waals surface area contributed by atoms with Gasteiger partial charge in [-0.15, -0.1) is 0 Å². The van der Waals surface area contributed by atoms with Gasteiger partial charge in [0.1, 0.15) is 0 Å². The van der Waals surface area contributed by atoms with E-state index >= 15 is 0 Å². The van der Waals surface area contributed by atoms with Gasteiger partial charge in [0.05, 0.1) is 5.60 Å². The van der Waals surface area contributed by atoms with Gasteiger partial charge in [-0.2, -0.15) is 11.8 Å². The maximum atomic E-state index is 9.85. The maximum absolute atomic E-state index is 9.85. The van der Waals surface area contributed by atoms with Gasteiger partial charge >= 0.3 is 0 Å². The molecule has 1 aromatic rings. The zero-order valence-electron chi connectivity index (χ0n) is 15.9. The van der Waals surface area contributed by atoms with E-state index in [0.29, 0.717) is 0 Å². The second kappa shape index (κ2) is 8.90. The molecule has 2 aliphatic rings. The highest BCUT2D eigenvalue weighted by atomic mass is 32.2. The lowest BCUT2D eigenvalue weighted by atomic mass is 9.98. The molecule has 140 valence electrons. The Bertz CT molecular complexity index is 512. The van der Waals surface area contributed by atoms with Gasteiger partial charge in [0, 0.05) is 37.2 Å². The molecule has 0 bridgehead atoms. The zero-order chi connectivity index (χ0) is 17.7. The van der Waals surface area contributed by atoms with E-state index in [-0.39, 0.29) is 0 Å². The van der Waals surface area contributed by atoms with Crippen molar-refractivity contribution < 1.29 is 5.11 Å². The Morgan fingerprint density at radius 1 is 1.00 bits per heavy atom. The van der Waals surface area contributed by atoms with Crippen molar-refractivity contribution >= 4 is 11.8 Å². The van der Waals surface area contributed by atoms with Crippen LogP contribution in [0.1, 0.15) is 44.2 Å². The first-order valence-electron chi connectivity index (χ1n) is 9.84. The van der Waals surface area contributed by atoms with Crippen molar-refractivity contribution in [2.24, 2.45) is 0 Å². The molecule has 0 aromatic heterocycles. The second-order valence-electron chi connectivity index (χ2n) is 8.28. The Morgan fingerprint density at radius 3 is 2.20 bits per heavy atom. The highest BCUT2D eigenvalue weighted by Crippen LogP contribution is 2.22. The minimum Gasteiger partial charge on any atom is -0.390 e. The Morgan fingerprint density at radius 2 is 1.60 bits per heavy atom. The first-order chi connectivity index (χ1) is 12.0. The number of hydrogen-bond donors (Lipinski definition) is 1. The molecule has 1 N–H and O–H groups in total. The van der Waals surface area contributed by atoms with Crippen LogP contribution in [0.25, 0.3) is 0 Å². The van der Waals surface area contributed by atoms with Crippen LogP contribution in [0.2, 0.25) is 0 Å². The summed E-state index contributed by atoms with van der Waals surface area (Å²) in [5, 5.41) is 9.85. The molecule has 0 unspecified atom stereocenters. The van der Waals surface area contributed by atoms with E-state index in [0.717, 1.165) is 25.4 Å². The number of nitrogens with zero attached hydrogens (tertiary/aromatic N) is 2. The van der Waals surface area contributed by atoms with E-state index in [1.807, 2.05) is 13.8 Å². The van der Waals surface area contributed by atoms with Crippen molar-refractivity contribution in [1.29, 1.82) is 0 Å². The fourth-order valence-electron chi connectivity index (χ4n) is 3.90. The van der Waals surface area contributed by atoms with Gasteiger partial charge in [0.2, 0.25) is 0 Å². The van der Waals surface area contributed by atoms with Crippen LogP contribution >= 0.6 is 11.8 Å². The summed E-state index contributed by atoms with van der Waals surface area (Å²) in [6.07, 6.45) is 4.42. The third-order valence-electron chi connectivity index (χ3n) is 5.57. The quantitative estimate of drug-likeness (QED) is 0.839. The number of hydrogen-bond acceptors (Lipinski definition) is 4. The van der Waals surface area contributed by atoms with Crippen molar-refractivity contribution in [1.82, 2.24) is 9.80 Å². The molecule has 2 heterocycles. The van der Waals surface area contributed by atoms with Crippen LogP contribution in [0.3, 0.4) is 0 Å². The Hall–Kier alpha value is -0.550. The number of aliphatic hydroxyl groups is 1. The molecule has 0 saturated carbocycles. The van der Waals surface area contributed by atoms with Crippen LogP contribution in [0.15, 0.2) is 24.3 Å². The summed E-state index contributed by atoms with van der Waals surface area (Å²) in [6.45, 7) is 9.89. The monoisotopic (exact) mass is 362 g/mol. The van der Waals surface area contributed by atoms with E-state index < -0.39 is 5.60 Å². The summed E-state index contributed by atoms with van der Waals surface area (Å²) in [7, 11) is 0. The number of aryl methyl sites for hydroxylation is 1. The van der Waals surface area contributed by atoms with Crippen LogP contribution in [0.5, 0.6) is 0 Å². The first kappa shape index (κ1) is 19.2. The lowest BCUT2D eigenvalue weighted by Gasteiger charge is -2.40. The number of thioether (sulfide) groups is 1. The average Bonchev–Trinajstić information content (AvgIpc) is 2.62. The van der Waals surface area contributed by atoms with Crippen molar-refractivity contribution in [3.05, 3.63) is 35.4 Å². The molecule has 3 nitrogen and oxygen atoms in total. The second-order valence-corrected chi connectivity index (χ2v) is 9.51. The summed E-state index contributed by atoms with van der Waals surface area (Å²) >= 11 is 2.10. The highest BCUT2D eigenvalue weighted by molar-refractivity contribution is 7.99. The summed E-state index contributed by atoms with van der Waals surface area (Å²) in [6, 6.07) is 9.83. The Balaban J connectivity index is 1.42. The predicted octanol–water partition coefficient (Wildman–Crippen LogP) is 3.40. The fraction of sp³-hybridized carbons (Fsp3) is 0.714. The molecule has 4 heteroatoms. The largest absolute Gasteiger partial charge is 0.390 e. The molecule has 0 radical (unpaired) electrons.